The summed E-state index contributed by atoms with van der Waals surface area (Å²) < 4.78 is 28.6. The zero-order chi connectivity index (χ0) is 20.5. The summed E-state index contributed by atoms with van der Waals surface area (Å²) in [6.45, 7) is -0.561. The third-order valence-electron chi connectivity index (χ3n) is 3.79. The molecular formula is C20H22F2N2O3S. The highest BCUT2D eigenvalue weighted by atomic mass is 32.2. The van der Waals surface area contributed by atoms with Crippen LogP contribution in [0.2, 0.25) is 0 Å². The van der Waals surface area contributed by atoms with Gasteiger partial charge in [-0.3, -0.25) is 9.59 Å². The van der Waals surface area contributed by atoms with E-state index in [1.807, 2.05) is 31.2 Å². The predicted molar refractivity (Wildman–Crippen MR) is 107 cm³/mol. The van der Waals surface area contributed by atoms with Gasteiger partial charge in [-0.15, -0.1) is 11.8 Å². The van der Waals surface area contributed by atoms with Crippen molar-refractivity contribution in [3.63, 3.8) is 0 Å². The summed E-state index contributed by atoms with van der Waals surface area (Å²) in [5, 5.41) is 2.78. The topological polar surface area (TPSA) is 58.6 Å². The Morgan fingerprint density at radius 2 is 1.71 bits per heavy atom. The fourth-order valence-corrected chi connectivity index (χ4v) is 3.07. The van der Waals surface area contributed by atoms with Gasteiger partial charge < -0.3 is 15.0 Å². The molecule has 0 saturated heterocycles. The number of nitrogens with zero attached hydrogens (tertiary/aromatic N) is 1. The number of alkyl halides is 2. The number of anilines is 1. The molecule has 0 unspecified atom stereocenters. The Morgan fingerprint density at radius 3 is 2.32 bits per heavy atom. The standard InChI is InChI=1S/C20H22F2N2O3S/c1-14-3-7-16(8-4-14)23-18(25)12-28-13-19(26)24(2)11-15-5-9-17(10-6-15)27-20(21)22/h3-10,20H,11-13H2,1-2H3,(H,23,25). The molecule has 0 aromatic heterocycles. The number of thioether (sulfide) groups is 1. The molecule has 2 amide bonds. The molecule has 0 aliphatic rings. The van der Waals surface area contributed by atoms with Crippen LogP contribution < -0.4 is 10.1 Å². The van der Waals surface area contributed by atoms with Gasteiger partial charge in [-0.25, -0.2) is 0 Å². The number of benzene rings is 2. The maximum Gasteiger partial charge on any atom is 0.387 e. The highest BCUT2D eigenvalue weighted by molar-refractivity contribution is 8.00. The Hall–Kier alpha value is -2.61. The first-order chi connectivity index (χ1) is 13.3. The fourth-order valence-electron chi connectivity index (χ4n) is 2.31. The lowest BCUT2D eigenvalue weighted by Gasteiger charge is -2.17. The molecule has 2 aromatic carbocycles. The van der Waals surface area contributed by atoms with Crippen molar-refractivity contribution in [1.29, 1.82) is 0 Å². The summed E-state index contributed by atoms with van der Waals surface area (Å²) in [5.74, 6) is 0.125. The van der Waals surface area contributed by atoms with E-state index in [9.17, 15) is 18.4 Å². The highest BCUT2D eigenvalue weighted by Gasteiger charge is 2.12. The average molecular weight is 408 g/mol. The van der Waals surface area contributed by atoms with Crippen LogP contribution in [0.3, 0.4) is 0 Å². The van der Waals surface area contributed by atoms with Gasteiger partial charge in [0.25, 0.3) is 0 Å². The number of carbonyl (C=O) groups excluding carboxylic acids is 2. The first kappa shape index (κ1) is 21.7. The lowest BCUT2D eigenvalue weighted by molar-refractivity contribution is -0.127. The van der Waals surface area contributed by atoms with Gasteiger partial charge in [-0.2, -0.15) is 8.78 Å². The van der Waals surface area contributed by atoms with Crippen molar-refractivity contribution in [3.8, 4) is 5.75 Å². The van der Waals surface area contributed by atoms with Crippen molar-refractivity contribution in [3.05, 3.63) is 59.7 Å². The van der Waals surface area contributed by atoms with E-state index in [0.29, 0.717) is 6.54 Å². The van der Waals surface area contributed by atoms with Crippen LogP contribution in [0.25, 0.3) is 0 Å². The van der Waals surface area contributed by atoms with Crippen molar-refractivity contribution in [2.75, 3.05) is 23.9 Å². The third-order valence-corrected chi connectivity index (χ3v) is 4.71. The first-order valence-corrected chi connectivity index (χ1v) is 9.71. The molecule has 8 heteroatoms. The van der Waals surface area contributed by atoms with E-state index >= 15 is 0 Å². The second-order valence-electron chi connectivity index (χ2n) is 6.18. The van der Waals surface area contributed by atoms with Crippen molar-refractivity contribution in [1.82, 2.24) is 4.90 Å². The van der Waals surface area contributed by atoms with Crippen LogP contribution in [0.1, 0.15) is 11.1 Å². The van der Waals surface area contributed by atoms with Gasteiger partial charge >= 0.3 is 6.61 Å². The van der Waals surface area contributed by atoms with Crippen molar-refractivity contribution < 1.29 is 23.1 Å². The molecule has 2 rings (SSSR count). The van der Waals surface area contributed by atoms with E-state index in [4.69, 9.17) is 0 Å². The van der Waals surface area contributed by atoms with E-state index in [1.165, 1.54) is 28.8 Å². The highest BCUT2D eigenvalue weighted by Crippen LogP contribution is 2.16. The molecular weight excluding hydrogens is 386 g/mol. The molecule has 28 heavy (non-hydrogen) atoms. The second-order valence-corrected chi connectivity index (χ2v) is 7.16. The number of hydrogen-bond acceptors (Lipinski definition) is 4. The summed E-state index contributed by atoms with van der Waals surface area (Å²) >= 11 is 1.23. The number of rotatable bonds is 9. The number of ether oxygens (including phenoxy) is 1. The monoisotopic (exact) mass is 408 g/mol. The summed E-state index contributed by atoms with van der Waals surface area (Å²) in [6.07, 6.45) is 0. The smallest absolute Gasteiger partial charge is 0.387 e. The van der Waals surface area contributed by atoms with Gasteiger partial charge in [0.2, 0.25) is 11.8 Å². The Morgan fingerprint density at radius 1 is 1.07 bits per heavy atom. The van der Waals surface area contributed by atoms with Gasteiger partial charge in [0.05, 0.1) is 11.5 Å². The number of hydrogen-bond donors (Lipinski definition) is 1. The number of amides is 2. The molecule has 0 bridgehead atoms. The van der Waals surface area contributed by atoms with Crippen LogP contribution in [0.15, 0.2) is 48.5 Å². The molecule has 150 valence electrons. The van der Waals surface area contributed by atoms with Gasteiger partial charge in [-0.1, -0.05) is 29.8 Å². The lowest BCUT2D eigenvalue weighted by Crippen LogP contribution is -2.28. The minimum atomic E-state index is -2.87. The zero-order valence-corrected chi connectivity index (χ0v) is 16.5. The first-order valence-electron chi connectivity index (χ1n) is 8.55. The Labute approximate surface area is 167 Å². The van der Waals surface area contributed by atoms with E-state index < -0.39 is 6.61 Å². The average Bonchev–Trinajstić information content (AvgIpc) is 2.64. The Bertz CT molecular complexity index is 783. The molecule has 5 nitrogen and oxygen atoms in total. The molecule has 0 saturated carbocycles. The van der Waals surface area contributed by atoms with Gasteiger partial charge in [0.1, 0.15) is 5.75 Å². The third kappa shape index (κ3) is 7.56. The molecule has 0 fully saturated rings. The van der Waals surface area contributed by atoms with E-state index in [0.717, 1.165) is 16.8 Å². The zero-order valence-electron chi connectivity index (χ0n) is 15.7. The van der Waals surface area contributed by atoms with Crippen LogP contribution >= 0.6 is 11.8 Å². The van der Waals surface area contributed by atoms with E-state index in [2.05, 4.69) is 10.1 Å². The maximum atomic E-state index is 12.2. The van der Waals surface area contributed by atoms with Crippen LogP contribution in [0.4, 0.5) is 14.5 Å². The summed E-state index contributed by atoms with van der Waals surface area (Å²) in [5.41, 5.74) is 2.62. The largest absolute Gasteiger partial charge is 0.435 e. The molecule has 0 radical (unpaired) electrons. The maximum absolute atomic E-state index is 12.2. The van der Waals surface area contributed by atoms with Crippen LogP contribution in [0.5, 0.6) is 5.75 Å². The normalized spacial score (nSPS) is 10.6. The number of aryl methyl sites for hydroxylation is 1. The number of carbonyl (C=O) groups is 2. The van der Waals surface area contributed by atoms with Crippen molar-refractivity contribution in [2.45, 2.75) is 20.1 Å². The Balaban J connectivity index is 1.71. The van der Waals surface area contributed by atoms with Gasteiger partial charge in [-0.05, 0) is 36.8 Å². The molecule has 2 aromatic rings. The minimum absolute atomic E-state index is 0.0721. The summed E-state index contributed by atoms with van der Waals surface area (Å²) in [6, 6.07) is 13.6. The molecule has 0 atom stereocenters. The second kappa shape index (κ2) is 10.7. The van der Waals surface area contributed by atoms with Gasteiger partial charge in [0.15, 0.2) is 0 Å². The van der Waals surface area contributed by atoms with Crippen LogP contribution in [0, 0.1) is 6.92 Å². The van der Waals surface area contributed by atoms with Crippen LogP contribution in [-0.4, -0.2) is 41.9 Å². The van der Waals surface area contributed by atoms with Crippen molar-refractivity contribution in [2.24, 2.45) is 0 Å². The summed E-state index contributed by atoms with van der Waals surface area (Å²) in [4.78, 5) is 25.6. The quantitative estimate of drug-likeness (QED) is 0.683. The number of halogens is 2. The number of nitrogens with one attached hydrogen (secondary N) is 1. The predicted octanol–water partition coefficient (Wildman–Crippen LogP) is 3.93. The fraction of sp³-hybridized carbons (Fsp3) is 0.300. The van der Waals surface area contributed by atoms with E-state index in [1.54, 1.807) is 19.2 Å². The molecule has 0 spiro atoms. The SMILES string of the molecule is Cc1ccc(NC(=O)CSCC(=O)N(C)Cc2ccc(OC(F)F)cc2)cc1. The molecule has 0 aliphatic heterocycles. The van der Waals surface area contributed by atoms with Gasteiger partial charge in [0, 0.05) is 19.3 Å². The van der Waals surface area contributed by atoms with Crippen LogP contribution in [-0.2, 0) is 16.1 Å². The van der Waals surface area contributed by atoms with E-state index in [-0.39, 0.29) is 29.1 Å². The Kier molecular flexibility index (Phi) is 8.25. The minimum Gasteiger partial charge on any atom is -0.435 e. The summed E-state index contributed by atoms with van der Waals surface area (Å²) in [7, 11) is 1.65. The van der Waals surface area contributed by atoms with Crippen molar-refractivity contribution >= 4 is 29.3 Å². The molecule has 0 heterocycles. The lowest BCUT2D eigenvalue weighted by atomic mass is 10.2. The molecule has 0 aliphatic carbocycles. The molecule has 1 N–H and O–H groups in total.